The third-order valence-corrected chi connectivity index (χ3v) is 7.79. The predicted molar refractivity (Wildman–Crippen MR) is 145 cm³/mol. The highest BCUT2D eigenvalue weighted by Gasteiger charge is 2.40. The van der Waals surface area contributed by atoms with Crippen LogP contribution in [0.2, 0.25) is 5.02 Å². The van der Waals surface area contributed by atoms with Gasteiger partial charge in [-0.3, -0.25) is 19.5 Å². The predicted octanol–water partition coefficient (Wildman–Crippen LogP) is 6.08. The molecule has 1 atom stereocenters. The third-order valence-electron chi connectivity index (χ3n) is 7.59. The summed E-state index contributed by atoms with van der Waals surface area (Å²) in [5.41, 5.74) is -0.607. The van der Waals surface area contributed by atoms with E-state index in [4.69, 9.17) is 21.6 Å². The van der Waals surface area contributed by atoms with Gasteiger partial charge in [0, 0.05) is 30.7 Å². The van der Waals surface area contributed by atoms with Crippen LogP contribution in [0.15, 0.2) is 52.2 Å². The number of aromatic amines is 1. The van der Waals surface area contributed by atoms with Crippen molar-refractivity contribution in [3.63, 3.8) is 0 Å². The first-order valence-electron chi connectivity index (χ1n) is 13.1. The average Bonchev–Trinajstić information content (AvgIpc) is 3.53. The van der Waals surface area contributed by atoms with Gasteiger partial charge in [0.25, 0.3) is 0 Å². The van der Waals surface area contributed by atoms with Crippen LogP contribution in [0.3, 0.4) is 0 Å². The molecule has 40 heavy (non-hydrogen) atoms. The summed E-state index contributed by atoms with van der Waals surface area (Å²) in [6.07, 6.45) is 8.53. The summed E-state index contributed by atoms with van der Waals surface area (Å²) in [5, 5.41) is 4.15. The monoisotopic (exact) mass is 565 g/mol. The minimum atomic E-state index is -2.38. The Hall–Kier alpha value is -3.99. The molecule has 1 saturated carbocycles. The van der Waals surface area contributed by atoms with Crippen molar-refractivity contribution in [2.24, 2.45) is 11.8 Å². The number of alkyl halides is 1. The van der Waals surface area contributed by atoms with E-state index in [1.807, 2.05) is 0 Å². The van der Waals surface area contributed by atoms with E-state index >= 15 is 4.39 Å². The Kier molecular flexibility index (Phi) is 6.69. The molecule has 0 unspecified atom stereocenters. The molecule has 0 aromatic carbocycles. The van der Waals surface area contributed by atoms with Crippen molar-refractivity contribution in [2.45, 2.75) is 51.7 Å². The highest BCUT2D eigenvalue weighted by atomic mass is 35.5. The van der Waals surface area contributed by atoms with Crippen LogP contribution in [-0.2, 0) is 12.2 Å². The van der Waals surface area contributed by atoms with Gasteiger partial charge in [0.05, 0.1) is 21.7 Å². The molecule has 5 aromatic rings. The second-order valence-electron chi connectivity index (χ2n) is 10.6. The van der Waals surface area contributed by atoms with E-state index in [1.54, 1.807) is 22.9 Å². The zero-order valence-corrected chi connectivity index (χ0v) is 22.6. The molecule has 0 spiro atoms. The molecule has 0 aliphatic heterocycles. The summed E-state index contributed by atoms with van der Waals surface area (Å²) < 4.78 is 38.2. The number of H-pyrrole nitrogens is 1. The van der Waals surface area contributed by atoms with Crippen LogP contribution in [0, 0.1) is 17.7 Å². The number of fused-ring (bicyclic) bond motifs is 1. The summed E-state index contributed by atoms with van der Waals surface area (Å²) in [6.45, 7) is 3.96. The van der Waals surface area contributed by atoms with Gasteiger partial charge in [-0.05, 0) is 55.9 Å². The quantitative estimate of drug-likeness (QED) is 0.265. The maximum atomic E-state index is 16.8. The van der Waals surface area contributed by atoms with Gasteiger partial charge in [-0.15, -0.1) is 0 Å². The normalized spacial score (nSPS) is 19.1. The Balaban J connectivity index is 1.64. The largest absolute Gasteiger partial charge is 0.439 e. The van der Waals surface area contributed by atoms with E-state index < -0.39 is 17.2 Å². The SMILES string of the molecule is CC1CCC(Cn2c([C@](C)(F)c3ncccc3F)nc3cc(-c4noc(=O)[nH]4)nc(-c4cncc(Cl)c4)c32)CC1. The molecule has 1 fully saturated rings. The van der Waals surface area contributed by atoms with E-state index in [9.17, 15) is 9.18 Å². The van der Waals surface area contributed by atoms with Gasteiger partial charge in [-0.2, -0.15) is 0 Å². The van der Waals surface area contributed by atoms with Gasteiger partial charge in [-0.1, -0.05) is 36.5 Å². The Bertz CT molecular complexity index is 1760. The first-order valence-corrected chi connectivity index (χ1v) is 13.5. The van der Waals surface area contributed by atoms with Crippen LogP contribution in [0.1, 0.15) is 51.0 Å². The molecule has 0 radical (unpaired) electrons. The van der Waals surface area contributed by atoms with Crippen LogP contribution in [0.25, 0.3) is 33.8 Å². The minimum Gasteiger partial charge on any atom is -0.323 e. The summed E-state index contributed by atoms with van der Waals surface area (Å²) in [5.74, 6) is -0.542. The smallest absolute Gasteiger partial charge is 0.323 e. The van der Waals surface area contributed by atoms with Crippen LogP contribution in [0.4, 0.5) is 8.78 Å². The lowest BCUT2D eigenvalue weighted by Crippen LogP contribution is -2.28. The number of pyridine rings is 3. The van der Waals surface area contributed by atoms with Crippen molar-refractivity contribution >= 4 is 22.6 Å². The number of hydrogen-bond donors (Lipinski definition) is 1. The first kappa shape index (κ1) is 26.2. The number of aromatic nitrogens is 7. The Labute approximate surface area is 232 Å². The van der Waals surface area contributed by atoms with Gasteiger partial charge >= 0.3 is 5.76 Å². The van der Waals surface area contributed by atoms with Crippen molar-refractivity contribution in [1.82, 2.24) is 34.6 Å². The summed E-state index contributed by atoms with van der Waals surface area (Å²) >= 11 is 6.29. The fourth-order valence-corrected chi connectivity index (χ4v) is 5.68. The summed E-state index contributed by atoms with van der Waals surface area (Å²) in [6, 6.07) is 5.88. The van der Waals surface area contributed by atoms with Crippen molar-refractivity contribution in [3.05, 3.63) is 75.8 Å². The molecule has 0 bridgehead atoms. The number of rotatable bonds is 6. The van der Waals surface area contributed by atoms with E-state index in [2.05, 4.69) is 31.6 Å². The summed E-state index contributed by atoms with van der Waals surface area (Å²) in [4.78, 5) is 32.0. The van der Waals surface area contributed by atoms with Crippen molar-refractivity contribution in [3.8, 4) is 22.8 Å². The van der Waals surface area contributed by atoms with E-state index in [0.717, 1.165) is 25.7 Å². The molecule has 9 nitrogen and oxygen atoms in total. The minimum absolute atomic E-state index is 0.00237. The van der Waals surface area contributed by atoms with Crippen molar-refractivity contribution in [1.29, 1.82) is 0 Å². The molecule has 0 amide bonds. The van der Waals surface area contributed by atoms with Crippen molar-refractivity contribution < 1.29 is 13.3 Å². The molecular weight excluding hydrogens is 540 g/mol. The molecule has 1 N–H and O–H groups in total. The topological polar surface area (TPSA) is 115 Å². The zero-order valence-electron chi connectivity index (χ0n) is 21.9. The van der Waals surface area contributed by atoms with Gasteiger partial charge in [0.2, 0.25) is 11.5 Å². The Morgan fingerprint density at radius 2 is 2.00 bits per heavy atom. The first-order chi connectivity index (χ1) is 19.2. The second-order valence-corrected chi connectivity index (χ2v) is 11.0. The zero-order chi connectivity index (χ0) is 28.0. The van der Waals surface area contributed by atoms with E-state index in [-0.39, 0.29) is 29.0 Å². The van der Waals surface area contributed by atoms with Crippen LogP contribution in [-0.4, -0.2) is 34.6 Å². The fraction of sp³-hybridized carbons (Fsp3) is 0.357. The molecule has 5 heterocycles. The maximum absolute atomic E-state index is 16.8. The molecule has 1 aliphatic carbocycles. The lowest BCUT2D eigenvalue weighted by Gasteiger charge is -2.29. The van der Waals surface area contributed by atoms with Crippen LogP contribution >= 0.6 is 11.6 Å². The number of hydrogen-bond acceptors (Lipinski definition) is 7. The number of imidazole rings is 1. The molecule has 6 rings (SSSR count). The molecule has 1 aliphatic rings. The van der Waals surface area contributed by atoms with E-state index in [0.29, 0.717) is 39.8 Å². The number of halogens is 3. The molecule has 206 valence electrons. The average molecular weight is 566 g/mol. The third kappa shape index (κ3) is 4.78. The molecule has 12 heteroatoms. The maximum Gasteiger partial charge on any atom is 0.439 e. The van der Waals surface area contributed by atoms with Gasteiger partial charge < -0.3 is 4.57 Å². The fourth-order valence-electron chi connectivity index (χ4n) is 5.50. The number of nitrogens with zero attached hydrogens (tertiary/aromatic N) is 6. The standard InChI is InChI=1S/C28H26ClF2N7O2/c1-15-5-7-16(8-6-15)14-38-23-20(35-26(38)28(2,31)24-19(30)4-3-9-33-24)11-21(25-36-27(39)40-37-25)34-22(23)17-10-18(29)13-32-12-17/h3-4,9-13,15-16H,5-8,14H2,1-2H3,(H,36,37,39)/t15?,16?,28-/m1/s1. The van der Waals surface area contributed by atoms with Crippen LogP contribution < -0.4 is 5.76 Å². The van der Waals surface area contributed by atoms with Gasteiger partial charge in [0.1, 0.15) is 17.2 Å². The molecule has 5 aromatic heterocycles. The highest BCUT2D eigenvalue weighted by Crippen LogP contribution is 2.40. The number of nitrogens with one attached hydrogen (secondary N) is 1. The molecule has 0 saturated heterocycles. The lowest BCUT2D eigenvalue weighted by atomic mass is 9.83. The van der Waals surface area contributed by atoms with E-state index in [1.165, 1.54) is 31.5 Å². The van der Waals surface area contributed by atoms with Gasteiger partial charge in [-0.25, -0.2) is 23.5 Å². The molecular formula is C28H26ClF2N7O2. The van der Waals surface area contributed by atoms with Crippen LogP contribution in [0.5, 0.6) is 0 Å². The Morgan fingerprint density at radius 3 is 2.70 bits per heavy atom. The Morgan fingerprint density at radius 1 is 1.20 bits per heavy atom. The summed E-state index contributed by atoms with van der Waals surface area (Å²) in [7, 11) is 0. The highest BCUT2D eigenvalue weighted by molar-refractivity contribution is 6.30. The lowest BCUT2D eigenvalue weighted by molar-refractivity contribution is 0.203. The second kappa shape index (κ2) is 10.2. The van der Waals surface area contributed by atoms with Crippen molar-refractivity contribution in [2.75, 3.05) is 0 Å². The van der Waals surface area contributed by atoms with Gasteiger partial charge in [0.15, 0.2) is 5.82 Å².